The fourth-order valence-electron chi connectivity index (χ4n) is 2.94. The number of thiazole rings is 1. The van der Waals surface area contributed by atoms with E-state index in [0.29, 0.717) is 5.92 Å². The molecule has 114 valence electrons. The summed E-state index contributed by atoms with van der Waals surface area (Å²) in [5.74, 6) is 0.293. The normalized spacial score (nSPS) is 12.5. The summed E-state index contributed by atoms with van der Waals surface area (Å²) in [5, 5.41) is 1.14. The van der Waals surface area contributed by atoms with Gasteiger partial charge in [0.2, 0.25) is 0 Å². The topological polar surface area (TPSA) is 41.6 Å². The third kappa shape index (κ3) is 2.83. The van der Waals surface area contributed by atoms with Gasteiger partial charge in [-0.25, -0.2) is 9.97 Å². The van der Waals surface area contributed by atoms with Crippen molar-refractivity contribution in [3.63, 3.8) is 0 Å². The van der Waals surface area contributed by atoms with Crippen molar-refractivity contribution in [3.05, 3.63) is 68.7 Å². The second-order valence-corrected chi connectivity index (χ2v) is 7.08. The molecule has 2 aromatic heterocycles. The Bertz CT molecular complexity index is 772. The van der Waals surface area contributed by atoms with Crippen molar-refractivity contribution in [2.45, 2.75) is 40.0 Å². The largest absolute Gasteiger partial charge is 0.348 e. The van der Waals surface area contributed by atoms with Gasteiger partial charge in [-0.05, 0) is 50.8 Å². The summed E-state index contributed by atoms with van der Waals surface area (Å²) in [6.45, 7) is 8.56. The summed E-state index contributed by atoms with van der Waals surface area (Å²) >= 11 is 1.80. The molecular formula is C18H21N3S. The third-order valence-corrected chi connectivity index (χ3v) is 5.40. The molecule has 0 saturated carbocycles. The van der Waals surface area contributed by atoms with Crippen LogP contribution >= 0.6 is 11.3 Å². The zero-order chi connectivity index (χ0) is 15.7. The second kappa shape index (κ2) is 6.05. The molecule has 1 aromatic carbocycles. The van der Waals surface area contributed by atoms with Gasteiger partial charge in [0.15, 0.2) is 0 Å². The van der Waals surface area contributed by atoms with Gasteiger partial charge in [0, 0.05) is 22.7 Å². The molecule has 2 heterocycles. The number of rotatable bonds is 4. The molecule has 1 atom stereocenters. The minimum atomic E-state index is 0.293. The second-order valence-electron chi connectivity index (χ2n) is 5.79. The molecule has 3 aromatic rings. The fourth-order valence-corrected chi connectivity index (χ4v) is 3.93. The lowest BCUT2D eigenvalue weighted by molar-refractivity contribution is 0.776. The van der Waals surface area contributed by atoms with Crippen molar-refractivity contribution in [1.29, 1.82) is 0 Å². The highest BCUT2D eigenvalue weighted by Gasteiger charge is 2.21. The molecular weight excluding hydrogens is 290 g/mol. The van der Waals surface area contributed by atoms with E-state index in [-0.39, 0.29) is 0 Å². The average molecular weight is 311 g/mol. The number of hydrogen-bond acceptors (Lipinski definition) is 3. The molecule has 0 aliphatic heterocycles. The van der Waals surface area contributed by atoms with Crippen molar-refractivity contribution in [2.24, 2.45) is 0 Å². The lowest BCUT2D eigenvalue weighted by Gasteiger charge is -2.19. The highest BCUT2D eigenvalue weighted by atomic mass is 32.1. The molecule has 1 N–H and O–H groups in total. The van der Waals surface area contributed by atoms with Crippen LogP contribution in [-0.2, 0) is 6.42 Å². The Morgan fingerprint density at radius 1 is 1.18 bits per heavy atom. The zero-order valence-corrected chi connectivity index (χ0v) is 14.3. The number of nitrogens with zero attached hydrogens (tertiary/aromatic N) is 2. The van der Waals surface area contributed by atoms with Gasteiger partial charge < -0.3 is 4.98 Å². The van der Waals surface area contributed by atoms with Gasteiger partial charge in [-0.3, -0.25) is 0 Å². The first-order valence-electron chi connectivity index (χ1n) is 7.53. The Hall–Kier alpha value is -1.94. The van der Waals surface area contributed by atoms with Crippen LogP contribution in [0.5, 0.6) is 0 Å². The van der Waals surface area contributed by atoms with Gasteiger partial charge in [0.05, 0.1) is 17.0 Å². The predicted octanol–water partition coefficient (Wildman–Crippen LogP) is 4.47. The molecule has 0 fully saturated rings. The van der Waals surface area contributed by atoms with Crippen LogP contribution in [0, 0.1) is 27.7 Å². The highest BCUT2D eigenvalue weighted by molar-refractivity contribution is 7.11. The number of hydrogen-bond donors (Lipinski definition) is 1. The molecule has 4 heteroatoms. The lowest BCUT2D eigenvalue weighted by Crippen LogP contribution is -2.08. The SMILES string of the molecule is Cc1nc(C)c(C[C@@H](c2cnc[nH]2)c2cccc(C)c2C)s1. The van der Waals surface area contributed by atoms with E-state index in [1.54, 1.807) is 17.7 Å². The van der Waals surface area contributed by atoms with Gasteiger partial charge in [-0.2, -0.15) is 0 Å². The van der Waals surface area contributed by atoms with Gasteiger partial charge in [-0.15, -0.1) is 11.3 Å². The summed E-state index contributed by atoms with van der Waals surface area (Å²) in [6.07, 6.45) is 4.66. The van der Waals surface area contributed by atoms with E-state index in [2.05, 4.69) is 60.8 Å². The van der Waals surface area contributed by atoms with Crippen LogP contribution in [0.4, 0.5) is 0 Å². The van der Waals surface area contributed by atoms with Crippen LogP contribution < -0.4 is 0 Å². The Kier molecular flexibility index (Phi) is 4.12. The molecule has 0 amide bonds. The molecule has 0 radical (unpaired) electrons. The van der Waals surface area contributed by atoms with Gasteiger partial charge in [0.1, 0.15) is 0 Å². The lowest BCUT2D eigenvalue weighted by atomic mass is 9.87. The summed E-state index contributed by atoms with van der Waals surface area (Å²) in [6, 6.07) is 6.55. The minimum absolute atomic E-state index is 0.293. The first-order chi connectivity index (χ1) is 10.6. The van der Waals surface area contributed by atoms with E-state index >= 15 is 0 Å². The Morgan fingerprint density at radius 3 is 2.64 bits per heavy atom. The van der Waals surface area contributed by atoms with E-state index in [1.165, 1.54) is 27.3 Å². The summed E-state index contributed by atoms with van der Waals surface area (Å²) in [7, 11) is 0. The van der Waals surface area contributed by atoms with E-state index in [9.17, 15) is 0 Å². The van der Waals surface area contributed by atoms with Gasteiger partial charge in [-0.1, -0.05) is 18.2 Å². The number of benzene rings is 1. The zero-order valence-electron chi connectivity index (χ0n) is 13.5. The molecule has 0 aliphatic carbocycles. The van der Waals surface area contributed by atoms with Crippen LogP contribution in [0.25, 0.3) is 0 Å². The number of imidazole rings is 1. The van der Waals surface area contributed by atoms with Gasteiger partial charge in [0.25, 0.3) is 0 Å². The van der Waals surface area contributed by atoms with E-state index < -0.39 is 0 Å². The van der Waals surface area contributed by atoms with Crippen LogP contribution in [-0.4, -0.2) is 15.0 Å². The smallest absolute Gasteiger partial charge is 0.0921 e. The van der Waals surface area contributed by atoms with E-state index in [1.807, 2.05) is 6.20 Å². The Balaban J connectivity index is 2.05. The molecule has 3 nitrogen and oxygen atoms in total. The molecule has 0 spiro atoms. The molecule has 0 saturated heterocycles. The van der Waals surface area contributed by atoms with Crippen LogP contribution in [0.3, 0.4) is 0 Å². The third-order valence-electron chi connectivity index (χ3n) is 4.31. The molecule has 0 unspecified atom stereocenters. The van der Waals surface area contributed by atoms with E-state index in [0.717, 1.165) is 17.1 Å². The predicted molar refractivity (Wildman–Crippen MR) is 91.6 cm³/mol. The Morgan fingerprint density at radius 2 is 2.00 bits per heavy atom. The standard InChI is InChI=1S/C18H21N3S/c1-11-6-5-7-15(12(11)2)16(17-9-19-10-20-17)8-18-13(3)21-14(4)22-18/h5-7,9-10,16H,8H2,1-4H3,(H,19,20)/t16-/m1/s1. The molecule has 0 aliphatic rings. The maximum Gasteiger partial charge on any atom is 0.0921 e. The van der Waals surface area contributed by atoms with Gasteiger partial charge >= 0.3 is 0 Å². The van der Waals surface area contributed by atoms with Crippen LogP contribution in [0.1, 0.15) is 43.9 Å². The highest BCUT2D eigenvalue weighted by Crippen LogP contribution is 2.33. The molecule has 22 heavy (non-hydrogen) atoms. The summed E-state index contributed by atoms with van der Waals surface area (Å²) in [4.78, 5) is 13.5. The van der Waals surface area contributed by atoms with E-state index in [4.69, 9.17) is 0 Å². The molecule has 0 bridgehead atoms. The summed E-state index contributed by atoms with van der Waals surface area (Å²) < 4.78 is 0. The maximum atomic E-state index is 4.57. The number of nitrogens with one attached hydrogen (secondary N) is 1. The van der Waals surface area contributed by atoms with Crippen molar-refractivity contribution in [1.82, 2.24) is 15.0 Å². The first-order valence-corrected chi connectivity index (χ1v) is 8.35. The van der Waals surface area contributed by atoms with Crippen LogP contribution in [0.15, 0.2) is 30.7 Å². The number of H-pyrrole nitrogens is 1. The first kappa shape index (κ1) is 15.0. The number of aryl methyl sites for hydroxylation is 3. The monoisotopic (exact) mass is 311 g/mol. The number of aromatic amines is 1. The summed E-state index contributed by atoms with van der Waals surface area (Å²) in [5.41, 5.74) is 6.38. The van der Waals surface area contributed by atoms with Crippen molar-refractivity contribution in [3.8, 4) is 0 Å². The van der Waals surface area contributed by atoms with Crippen molar-refractivity contribution in [2.75, 3.05) is 0 Å². The minimum Gasteiger partial charge on any atom is -0.348 e. The fraction of sp³-hybridized carbons (Fsp3) is 0.333. The maximum absolute atomic E-state index is 4.57. The molecule has 3 rings (SSSR count). The Labute approximate surface area is 135 Å². The quantitative estimate of drug-likeness (QED) is 0.772. The van der Waals surface area contributed by atoms with Crippen molar-refractivity contribution < 1.29 is 0 Å². The average Bonchev–Trinajstić information content (AvgIpc) is 3.10. The number of aromatic nitrogens is 3. The van der Waals surface area contributed by atoms with Crippen molar-refractivity contribution >= 4 is 11.3 Å². The van der Waals surface area contributed by atoms with Crippen LogP contribution in [0.2, 0.25) is 0 Å².